The number of carbonyl (C=O) groups is 1. The van der Waals surface area contributed by atoms with Gasteiger partial charge in [0.25, 0.3) is 0 Å². The SMILES string of the molecule is CN=C(NCC(=O)N1CCc2ccccc21)NC1CCc2cn(C(C)C)nc2C1.I. The summed E-state index contributed by atoms with van der Waals surface area (Å²) in [5.41, 5.74) is 4.79. The highest BCUT2D eigenvalue weighted by atomic mass is 127. The first-order valence-electron chi connectivity index (χ1n) is 10.5. The number of anilines is 1. The Labute approximate surface area is 195 Å². The molecule has 1 aliphatic heterocycles. The number of para-hydroxylation sites is 1. The molecule has 8 heteroatoms. The number of carbonyl (C=O) groups excluding carboxylic acids is 1. The Morgan fingerprint density at radius 3 is 2.83 bits per heavy atom. The number of hydrogen-bond acceptors (Lipinski definition) is 3. The Morgan fingerprint density at radius 2 is 2.07 bits per heavy atom. The molecule has 2 heterocycles. The lowest BCUT2D eigenvalue weighted by Crippen LogP contribution is -2.48. The lowest BCUT2D eigenvalue weighted by atomic mass is 9.94. The van der Waals surface area contributed by atoms with E-state index in [0.717, 1.165) is 37.9 Å². The number of nitrogens with zero attached hydrogens (tertiary/aromatic N) is 4. The highest BCUT2D eigenvalue weighted by Gasteiger charge is 2.25. The molecule has 2 aliphatic rings. The van der Waals surface area contributed by atoms with Crippen LogP contribution in [0.4, 0.5) is 5.69 Å². The maximum absolute atomic E-state index is 12.7. The number of benzene rings is 1. The number of halogens is 1. The molecule has 1 aliphatic carbocycles. The number of rotatable bonds is 4. The molecule has 162 valence electrons. The monoisotopic (exact) mass is 522 g/mol. The Balaban J connectivity index is 0.00000256. The summed E-state index contributed by atoms with van der Waals surface area (Å²) < 4.78 is 2.05. The van der Waals surface area contributed by atoms with Crippen molar-refractivity contribution in [3.8, 4) is 0 Å². The Hall–Kier alpha value is -2.10. The molecule has 0 saturated heterocycles. The molecule has 2 aromatic rings. The van der Waals surface area contributed by atoms with Crippen molar-refractivity contribution >= 4 is 41.5 Å². The normalized spacial score (nSPS) is 17.9. The van der Waals surface area contributed by atoms with Crippen LogP contribution in [0.15, 0.2) is 35.5 Å². The van der Waals surface area contributed by atoms with Crippen LogP contribution in [-0.2, 0) is 24.1 Å². The van der Waals surface area contributed by atoms with Gasteiger partial charge in [0, 0.05) is 44.0 Å². The largest absolute Gasteiger partial charge is 0.353 e. The van der Waals surface area contributed by atoms with Gasteiger partial charge in [0.05, 0.1) is 12.2 Å². The second-order valence-corrected chi connectivity index (χ2v) is 8.11. The molecule has 30 heavy (non-hydrogen) atoms. The molecular weight excluding hydrogens is 491 g/mol. The molecule has 1 atom stereocenters. The van der Waals surface area contributed by atoms with Crippen molar-refractivity contribution in [1.82, 2.24) is 20.4 Å². The predicted octanol–water partition coefficient (Wildman–Crippen LogP) is 2.69. The molecule has 0 saturated carbocycles. The maximum atomic E-state index is 12.7. The second-order valence-electron chi connectivity index (χ2n) is 8.11. The molecule has 0 fully saturated rings. The van der Waals surface area contributed by atoms with Gasteiger partial charge in [-0.15, -0.1) is 24.0 Å². The average Bonchev–Trinajstić information content (AvgIpc) is 3.34. The summed E-state index contributed by atoms with van der Waals surface area (Å²) in [5.74, 6) is 0.738. The highest BCUT2D eigenvalue weighted by molar-refractivity contribution is 14.0. The van der Waals surface area contributed by atoms with E-state index >= 15 is 0 Å². The third-order valence-electron chi connectivity index (χ3n) is 5.79. The van der Waals surface area contributed by atoms with Crippen LogP contribution in [0.5, 0.6) is 0 Å². The minimum absolute atomic E-state index is 0. The molecule has 1 aromatic carbocycles. The molecule has 4 rings (SSSR count). The van der Waals surface area contributed by atoms with Crippen LogP contribution in [0, 0.1) is 0 Å². The molecule has 0 bridgehead atoms. The Bertz CT molecular complexity index is 922. The molecule has 1 aromatic heterocycles. The Morgan fingerprint density at radius 1 is 1.27 bits per heavy atom. The highest BCUT2D eigenvalue weighted by Crippen LogP contribution is 2.27. The number of nitrogens with one attached hydrogen (secondary N) is 2. The summed E-state index contributed by atoms with van der Waals surface area (Å²) in [6, 6.07) is 8.76. The first-order valence-corrected chi connectivity index (χ1v) is 10.5. The smallest absolute Gasteiger partial charge is 0.246 e. The number of aryl methyl sites for hydroxylation is 1. The van der Waals surface area contributed by atoms with E-state index < -0.39 is 0 Å². The maximum Gasteiger partial charge on any atom is 0.246 e. The van der Waals surface area contributed by atoms with Crippen LogP contribution in [-0.4, -0.2) is 47.8 Å². The van der Waals surface area contributed by atoms with E-state index in [1.807, 2.05) is 27.8 Å². The zero-order chi connectivity index (χ0) is 20.4. The van der Waals surface area contributed by atoms with Gasteiger partial charge in [-0.25, -0.2) is 0 Å². The zero-order valence-corrected chi connectivity index (χ0v) is 20.2. The van der Waals surface area contributed by atoms with Crippen molar-refractivity contribution < 1.29 is 4.79 Å². The summed E-state index contributed by atoms with van der Waals surface area (Å²) in [4.78, 5) is 18.9. The van der Waals surface area contributed by atoms with Crippen LogP contribution in [0.25, 0.3) is 0 Å². The molecule has 2 N–H and O–H groups in total. The quantitative estimate of drug-likeness (QED) is 0.368. The summed E-state index contributed by atoms with van der Waals surface area (Å²) >= 11 is 0. The fourth-order valence-corrected chi connectivity index (χ4v) is 4.14. The fraction of sp³-hybridized carbons (Fsp3) is 0.500. The second kappa shape index (κ2) is 9.80. The van der Waals surface area contributed by atoms with E-state index in [1.165, 1.54) is 16.8 Å². The molecule has 0 radical (unpaired) electrons. The lowest BCUT2D eigenvalue weighted by Gasteiger charge is -2.25. The first kappa shape index (κ1) is 22.6. The third kappa shape index (κ3) is 4.79. The number of fused-ring (bicyclic) bond motifs is 2. The van der Waals surface area contributed by atoms with Crippen molar-refractivity contribution in [3.05, 3.63) is 47.3 Å². The number of aliphatic imine (C=N–C) groups is 1. The molecule has 0 spiro atoms. The lowest BCUT2D eigenvalue weighted by molar-refractivity contribution is -0.117. The van der Waals surface area contributed by atoms with E-state index in [-0.39, 0.29) is 42.5 Å². The fourth-order valence-electron chi connectivity index (χ4n) is 4.14. The average molecular weight is 522 g/mol. The van der Waals surface area contributed by atoms with Crippen LogP contribution in [0.1, 0.15) is 43.1 Å². The van der Waals surface area contributed by atoms with E-state index in [9.17, 15) is 4.79 Å². The standard InChI is InChI=1S/C22H30N6O.HI/c1-15(2)28-14-17-8-9-18(12-19(17)26-28)25-22(23-3)24-13-21(29)27-11-10-16-6-4-5-7-20(16)27;/h4-7,14-15,18H,8-13H2,1-3H3,(H2,23,24,25);1H. The van der Waals surface area contributed by atoms with Gasteiger partial charge in [0.2, 0.25) is 5.91 Å². The summed E-state index contributed by atoms with van der Waals surface area (Å²) in [6.07, 6.45) is 6.02. The Kier molecular flexibility index (Phi) is 7.38. The van der Waals surface area contributed by atoms with Gasteiger partial charge in [0.15, 0.2) is 5.96 Å². The van der Waals surface area contributed by atoms with E-state index in [2.05, 4.69) is 41.7 Å². The molecule has 1 amide bonds. The number of hydrogen-bond donors (Lipinski definition) is 2. The van der Waals surface area contributed by atoms with Gasteiger partial charge in [-0.1, -0.05) is 18.2 Å². The van der Waals surface area contributed by atoms with Gasteiger partial charge in [-0.05, 0) is 50.3 Å². The molecular formula is C22H31IN6O. The van der Waals surface area contributed by atoms with Crippen molar-refractivity contribution in [2.75, 3.05) is 25.0 Å². The van der Waals surface area contributed by atoms with Crippen LogP contribution >= 0.6 is 24.0 Å². The van der Waals surface area contributed by atoms with E-state index in [1.54, 1.807) is 7.05 Å². The summed E-state index contributed by atoms with van der Waals surface area (Å²) in [6.45, 7) is 5.27. The van der Waals surface area contributed by atoms with E-state index in [4.69, 9.17) is 5.10 Å². The summed E-state index contributed by atoms with van der Waals surface area (Å²) in [5, 5.41) is 11.4. The van der Waals surface area contributed by atoms with E-state index in [0.29, 0.717) is 12.0 Å². The minimum atomic E-state index is 0. The summed E-state index contributed by atoms with van der Waals surface area (Å²) in [7, 11) is 1.74. The third-order valence-corrected chi connectivity index (χ3v) is 5.79. The van der Waals surface area contributed by atoms with Gasteiger partial charge >= 0.3 is 0 Å². The minimum Gasteiger partial charge on any atom is -0.353 e. The molecule has 1 unspecified atom stereocenters. The van der Waals surface area contributed by atoms with Crippen molar-refractivity contribution in [1.29, 1.82) is 0 Å². The van der Waals surface area contributed by atoms with Gasteiger partial charge in [-0.3, -0.25) is 14.5 Å². The predicted molar refractivity (Wildman–Crippen MR) is 131 cm³/mol. The van der Waals surface area contributed by atoms with Crippen LogP contribution in [0.2, 0.25) is 0 Å². The van der Waals surface area contributed by atoms with Crippen molar-refractivity contribution in [2.45, 2.75) is 51.6 Å². The van der Waals surface area contributed by atoms with Gasteiger partial charge in [0.1, 0.15) is 0 Å². The number of aromatic nitrogens is 2. The number of amides is 1. The number of guanidine groups is 1. The first-order chi connectivity index (χ1) is 14.0. The van der Waals surface area contributed by atoms with Crippen molar-refractivity contribution in [2.24, 2.45) is 4.99 Å². The zero-order valence-electron chi connectivity index (χ0n) is 17.9. The van der Waals surface area contributed by atoms with Gasteiger partial charge < -0.3 is 15.5 Å². The van der Waals surface area contributed by atoms with Crippen LogP contribution < -0.4 is 15.5 Å². The van der Waals surface area contributed by atoms with Crippen molar-refractivity contribution in [3.63, 3.8) is 0 Å². The molecule has 7 nitrogen and oxygen atoms in total. The van der Waals surface area contributed by atoms with Crippen LogP contribution in [0.3, 0.4) is 0 Å². The van der Waals surface area contributed by atoms with Gasteiger partial charge in [-0.2, -0.15) is 5.10 Å². The topological polar surface area (TPSA) is 74.6 Å².